The van der Waals surface area contributed by atoms with Crippen LogP contribution in [-0.2, 0) is 11.3 Å². The van der Waals surface area contributed by atoms with Crippen LogP contribution in [0.25, 0.3) is 10.8 Å². The second-order valence-electron chi connectivity index (χ2n) is 6.15. The number of amides is 2. The lowest BCUT2D eigenvalue weighted by atomic mass is 10.1. The van der Waals surface area contributed by atoms with Crippen LogP contribution in [0.4, 0.5) is 4.79 Å². The van der Waals surface area contributed by atoms with E-state index in [-0.39, 0.29) is 11.1 Å². The van der Waals surface area contributed by atoms with E-state index in [1.54, 1.807) is 24.0 Å². The van der Waals surface area contributed by atoms with E-state index >= 15 is 0 Å². The minimum absolute atomic E-state index is 0.0551. The molecule has 2 aromatic rings. The molecule has 0 aromatic heterocycles. The molecule has 0 saturated carbocycles. The molecule has 25 heavy (non-hydrogen) atoms. The van der Waals surface area contributed by atoms with Gasteiger partial charge in [-0.1, -0.05) is 30.0 Å². The van der Waals surface area contributed by atoms with Crippen LogP contribution in [-0.4, -0.2) is 53.9 Å². The summed E-state index contributed by atoms with van der Waals surface area (Å²) in [7, 11) is 3.46. The van der Waals surface area contributed by atoms with Crippen molar-refractivity contribution >= 4 is 33.7 Å². The van der Waals surface area contributed by atoms with Crippen molar-refractivity contribution in [3.8, 4) is 5.75 Å². The standard InChI is InChI=1S/C19H22N2O3S/c1-20(18(22)7-8-21-9-10-25-19(21)23)13-14-3-4-16-12-17(24-2)6-5-15(16)11-14/h3-6,11-12H,7-10,13H2,1-2H3. The van der Waals surface area contributed by atoms with Gasteiger partial charge in [0.2, 0.25) is 5.91 Å². The summed E-state index contributed by atoms with van der Waals surface area (Å²) in [6, 6.07) is 12.1. The molecular formula is C19H22N2O3S. The molecule has 0 aliphatic carbocycles. The molecule has 5 nitrogen and oxygen atoms in total. The van der Waals surface area contributed by atoms with Gasteiger partial charge in [-0.25, -0.2) is 0 Å². The molecule has 0 radical (unpaired) electrons. The van der Waals surface area contributed by atoms with Gasteiger partial charge >= 0.3 is 0 Å². The second kappa shape index (κ2) is 7.78. The summed E-state index contributed by atoms with van der Waals surface area (Å²) in [6.45, 7) is 1.81. The van der Waals surface area contributed by atoms with Crippen LogP contribution in [0.3, 0.4) is 0 Å². The summed E-state index contributed by atoms with van der Waals surface area (Å²) in [5, 5.41) is 2.32. The average molecular weight is 358 g/mol. The van der Waals surface area contributed by atoms with E-state index in [0.717, 1.165) is 34.4 Å². The van der Waals surface area contributed by atoms with Gasteiger partial charge in [-0.3, -0.25) is 9.59 Å². The van der Waals surface area contributed by atoms with Gasteiger partial charge in [0.1, 0.15) is 5.75 Å². The largest absolute Gasteiger partial charge is 0.497 e. The SMILES string of the molecule is COc1ccc2cc(CN(C)C(=O)CCN3CCSC3=O)ccc2c1. The highest BCUT2D eigenvalue weighted by molar-refractivity contribution is 8.13. The zero-order valence-corrected chi connectivity index (χ0v) is 15.3. The van der Waals surface area contributed by atoms with Crippen molar-refractivity contribution in [1.29, 1.82) is 0 Å². The van der Waals surface area contributed by atoms with Crippen molar-refractivity contribution in [3.05, 3.63) is 42.0 Å². The fraction of sp³-hybridized carbons (Fsp3) is 0.368. The molecule has 1 fully saturated rings. The van der Waals surface area contributed by atoms with Crippen LogP contribution in [0.1, 0.15) is 12.0 Å². The van der Waals surface area contributed by atoms with Crippen LogP contribution in [0.15, 0.2) is 36.4 Å². The first-order chi connectivity index (χ1) is 12.1. The molecule has 1 aliphatic heterocycles. The Morgan fingerprint density at radius 3 is 2.72 bits per heavy atom. The number of ether oxygens (including phenoxy) is 1. The quantitative estimate of drug-likeness (QED) is 0.794. The first-order valence-corrected chi connectivity index (χ1v) is 9.28. The van der Waals surface area contributed by atoms with Gasteiger partial charge in [0, 0.05) is 38.9 Å². The molecule has 0 spiro atoms. The number of thioether (sulfide) groups is 1. The summed E-state index contributed by atoms with van der Waals surface area (Å²) in [5.41, 5.74) is 1.08. The Labute approximate surface area is 151 Å². The van der Waals surface area contributed by atoms with Gasteiger partial charge in [0.05, 0.1) is 7.11 Å². The van der Waals surface area contributed by atoms with Crippen LogP contribution in [0, 0.1) is 0 Å². The molecule has 0 bridgehead atoms. The lowest BCUT2D eigenvalue weighted by molar-refractivity contribution is -0.130. The van der Waals surface area contributed by atoms with Crippen molar-refractivity contribution in [2.75, 3.05) is 33.0 Å². The number of hydrogen-bond acceptors (Lipinski definition) is 4. The zero-order chi connectivity index (χ0) is 17.8. The smallest absolute Gasteiger partial charge is 0.281 e. The van der Waals surface area contributed by atoms with E-state index in [0.29, 0.717) is 19.5 Å². The molecule has 1 heterocycles. The summed E-state index contributed by atoms with van der Waals surface area (Å²) >= 11 is 1.32. The number of methoxy groups -OCH3 is 1. The maximum absolute atomic E-state index is 12.3. The van der Waals surface area contributed by atoms with E-state index in [9.17, 15) is 9.59 Å². The van der Waals surface area contributed by atoms with Crippen molar-refractivity contribution < 1.29 is 14.3 Å². The van der Waals surface area contributed by atoms with E-state index < -0.39 is 0 Å². The Morgan fingerprint density at radius 1 is 1.24 bits per heavy atom. The predicted octanol–water partition coefficient (Wildman–Crippen LogP) is 3.37. The highest BCUT2D eigenvalue weighted by atomic mass is 32.2. The van der Waals surface area contributed by atoms with Crippen LogP contribution in [0.5, 0.6) is 5.75 Å². The molecule has 0 unspecified atom stereocenters. The molecule has 132 valence electrons. The molecule has 1 aliphatic rings. The van der Waals surface area contributed by atoms with E-state index in [2.05, 4.69) is 6.07 Å². The van der Waals surface area contributed by atoms with E-state index in [1.165, 1.54) is 11.8 Å². The highest BCUT2D eigenvalue weighted by Gasteiger charge is 2.22. The van der Waals surface area contributed by atoms with Crippen molar-refractivity contribution in [2.24, 2.45) is 0 Å². The highest BCUT2D eigenvalue weighted by Crippen LogP contribution is 2.22. The molecule has 6 heteroatoms. The first-order valence-electron chi connectivity index (χ1n) is 8.29. The fourth-order valence-electron chi connectivity index (χ4n) is 2.91. The summed E-state index contributed by atoms with van der Waals surface area (Å²) < 4.78 is 5.24. The number of carbonyl (C=O) groups excluding carboxylic acids is 2. The van der Waals surface area contributed by atoms with Crippen molar-refractivity contribution in [3.63, 3.8) is 0 Å². The fourth-order valence-corrected chi connectivity index (χ4v) is 3.76. The third-order valence-corrected chi connectivity index (χ3v) is 5.29. The predicted molar refractivity (Wildman–Crippen MR) is 101 cm³/mol. The molecule has 2 amide bonds. The second-order valence-corrected chi connectivity index (χ2v) is 7.19. The Balaban J connectivity index is 1.59. The zero-order valence-electron chi connectivity index (χ0n) is 14.5. The van der Waals surface area contributed by atoms with Crippen LogP contribution >= 0.6 is 11.8 Å². The average Bonchev–Trinajstić information content (AvgIpc) is 3.04. The lowest BCUT2D eigenvalue weighted by Crippen LogP contribution is -2.32. The van der Waals surface area contributed by atoms with E-state index in [4.69, 9.17) is 4.74 Å². The first kappa shape index (κ1) is 17.6. The number of benzene rings is 2. The van der Waals surface area contributed by atoms with Gasteiger partial charge in [0.25, 0.3) is 5.24 Å². The molecule has 3 rings (SSSR count). The van der Waals surface area contributed by atoms with Gasteiger partial charge in [-0.05, 0) is 34.5 Å². The molecule has 2 aromatic carbocycles. The van der Waals surface area contributed by atoms with Gasteiger partial charge < -0.3 is 14.5 Å². The monoisotopic (exact) mass is 358 g/mol. The molecular weight excluding hydrogens is 336 g/mol. The van der Waals surface area contributed by atoms with Crippen LogP contribution in [0.2, 0.25) is 0 Å². The summed E-state index contributed by atoms with van der Waals surface area (Å²) in [5.74, 6) is 1.71. The Kier molecular flexibility index (Phi) is 5.48. The number of fused-ring (bicyclic) bond motifs is 1. The summed E-state index contributed by atoms with van der Waals surface area (Å²) in [4.78, 5) is 27.4. The number of hydrogen-bond donors (Lipinski definition) is 0. The Morgan fingerprint density at radius 2 is 2.00 bits per heavy atom. The van der Waals surface area contributed by atoms with Crippen molar-refractivity contribution in [1.82, 2.24) is 9.80 Å². The van der Waals surface area contributed by atoms with E-state index in [1.807, 2.05) is 30.3 Å². The normalized spacial score (nSPS) is 14.2. The van der Waals surface area contributed by atoms with Gasteiger partial charge in [-0.15, -0.1) is 0 Å². The van der Waals surface area contributed by atoms with Gasteiger partial charge in [-0.2, -0.15) is 0 Å². The Hall–Kier alpha value is -2.21. The Bertz CT molecular complexity index is 793. The van der Waals surface area contributed by atoms with Crippen molar-refractivity contribution in [2.45, 2.75) is 13.0 Å². The minimum atomic E-state index is 0.0551. The number of rotatable bonds is 6. The maximum atomic E-state index is 12.3. The van der Waals surface area contributed by atoms with Crippen LogP contribution < -0.4 is 4.74 Å². The molecule has 0 atom stereocenters. The maximum Gasteiger partial charge on any atom is 0.281 e. The summed E-state index contributed by atoms with van der Waals surface area (Å²) in [6.07, 6.45) is 0.369. The molecule has 0 N–H and O–H groups in total. The molecule has 1 saturated heterocycles. The lowest BCUT2D eigenvalue weighted by Gasteiger charge is -2.20. The third-order valence-electron chi connectivity index (χ3n) is 4.40. The number of carbonyl (C=O) groups is 2. The third kappa shape index (κ3) is 4.25. The topological polar surface area (TPSA) is 49.9 Å². The van der Waals surface area contributed by atoms with Gasteiger partial charge in [0.15, 0.2) is 0 Å². The minimum Gasteiger partial charge on any atom is -0.497 e. The number of nitrogens with zero attached hydrogens (tertiary/aromatic N) is 2.